The molecule has 0 heterocycles. The van der Waals surface area contributed by atoms with Gasteiger partial charge in [0.1, 0.15) is 6.23 Å². The lowest BCUT2D eigenvalue weighted by atomic mass is 9.91. The maximum atomic E-state index is 10.9. The normalized spacial score (nSPS) is 19.7. The van der Waals surface area contributed by atoms with Gasteiger partial charge in [0.15, 0.2) is 0 Å². The Morgan fingerprint density at radius 2 is 1.77 bits per heavy atom. The summed E-state index contributed by atoms with van der Waals surface area (Å²) in [6.45, 7) is 10.2. The van der Waals surface area contributed by atoms with Crippen molar-refractivity contribution in [2.75, 3.05) is 7.05 Å². The smallest absolute Gasteiger partial charge is 0.132 e. The van der Waals surface area contributed by atoms with Crippen molar-refractivity contribution < 1.29 is 5.11 Å². The van der Waals surface area contributed by atoms with Crippen LogP contribution in [0.4, 0.5) is 0 Å². The second-order valence-electron chi connectivity index (χ2n) is 9.68. The van der Waals surface area contributed by atoms with E-state index in [9.17, 15) is 5.11 Å². The Bertz CT molecular complexity index is 1030. The molecule has 0 saturated heterocycles. The van der Waals surface area contributed by atoms with Gasteiger partial charge in [-0.05, 0) is 97.0 Å². The average Bonchev–Trinajstić information content (AvgIpc) is 3.22. The van der Waals surface area contributed by atoms with Gasteiger partial charge in [0.2, 0.25) is 0 Å². The van der Waals surface area contributed by atoms with E-state index in [1.807, 2.05) is 32.1 Å². The highest BCUT2D eigenvalue weighted by atomic mass is 16.3. The SMILES string of the molecule is CC.CN=C/C=C(\C)c1c(C)cc(C(O)NC(N)c2ccc3c(c2)CCC3NC2CCC2)cc1C. The van der Waals surface area contributed by atoms with Crippen molar-refractivity contribution in [2.24, 2.45) is 10.7 Å². The van der Waals surface area contributed by atoms with Crippen LogP contribution < -0.4 is 16.4 Å². The molecule has 0 bridgehead atoms. The van der Waals surface area contributed by atoms with Crippen molar-refractivity contribution >= 4 is 11.8 Å². The van der Waals surface area contributed by atoms with E-state index in [1.165, 1.54) is 36.0 Å². The fourth-order valence-corrected chi connectivity index (χ4v) is 5.27. The first-order valence-corrected chi connectivity index (χ1v) is 13.2. The largest absolute Gasteiger partial charge is 0.374 e. The molecule has 0 spiro atoms. The molecule has 1 fully saturated rings. The van der Waals surface area contributed by atoms with E-state index in [2.05, 4.69) is 54.6 Å². The molecule has 3 atom stereocenters. The number of aliphatic hydroxyl groups excluding tert-OH is 1. The molecule has 5 nitrogen and oxygen atoms in total. The molecule has 0 aliphatic heterocycles. The molecule has 0 amide bonds. The average molecular weight is 477 g/mol. The van der Waals surface area contributed by atoms with E-state index in [0.717, 1.165) is 40.7 Å². The summed E-state index contributed by atoms with van der Waals surface area (Å²) in [5.41, 5.74) is 15.7. The van der Waals surface area contributed by atoms with Gasteiger partial charge < -0.3 is 16.2 Å². The van der Waals surface area contributed by atoms with Gasteiger partial charge in [-0.3, -0.25) is 10.3 Å². The summed E-state index contributed by atoms with van der Waals surface area (Å²) in [4.78, 5) is 4.04. The van der Waals surface area contributed by atoms with Crippen molar-refractivity contribution in [3.8, 4) is 0 Å². The van der Waals surface area contributed by atoms with Crippen molar-refractivity contribution in [1.82, 2.24) is 10.6 Å². The predicted molar refractivity (Wildman–Crippen MR) is 149 cm³/mol. The molecule has 35 heavy (non-hydrogen) atoms. The lowest BCUT2D eigenvalue weighted by Crippen LogP contribution is -2.37. The zero-order chi connectivity index (χ0) is 25.5. The van der Waals surface area contributed by atoms with Crippen molar-refractivity contribution in [3.63, 3.8) is 0 Å². The Labute approximate surface area is 211 Å². The number of aliphatic imine (C=N–C) groups is 1. The first-order chi connectivity index (χ1) is 16.9. The first kappa shape index (κ1) is 27.3. The molecule has 5 N–H and O–H groups in total. The standard InChI is InChI=1S/C28H38N4O.C2H6/c1-17(12-13-30-4)26-18(2)14-22(15-19(26)3)28(33)32-27(29)21-8-10-24-20(16-21)9-11-25(24)31-23-6-5-7-23;1-2/h8,10,12-16,23,25,27-28,31-33H,5-7,9,11,29H2,1-4H3;1-2H3/b17-12+,30-13?;. The molecule has 4 rings (SSSR count). The second-order valence-corrected chi connectivity index (χ2v) is 9.68. The summed E-state index contributed by atoms with van der Waals surface area (Å²) in [5, 5.41) is 17.9. The van der Waals surface area contributed by atoms with E-state index in [1.54, 1.807) is 13.3 Å². The molecule has 2 aromatic carbocycles. The third-order valence-electron chi connectivity index (χ3n) is 7.22. The third kappa shape index (κ3) is 6.47. The zero-order valence-electron chi connectivity index (χ0n) is 22.4. The Morgan fingerprint density at radius 1 is 1.09 bits per heavy atom. The molecule has 3 unspecified atom stereocenters. The van der Waals surface area contributed by atoms with E-state index < -0.39 is 12.4 Å². The van der Waals surface area contributed by atoms with Crippen LogP contribution in [0.1, 0.15) is 104 Å². The number of nitrogens with one attached hydrogen (secondary N) is 2. The van der Waals surface area contributed by atoms with Crippen LogP contribution in [-0.4, -0.2) is 24.4 Å². The van der Waals surface area contributed by atoms with Gasteiger partial charge in [-0.25, -0.2) is 0 Å². The highest BCUT2D eigenvalue weighted by molar-refractivity contribution is 5.85. The Hall–Kier alpha value is -2.31. The maximum Gasteiger partial charge on any atom is 0.132 e. The van der Waals surface area contributed by atoms with Gasteiger partial charge in [-0.15, -0.1) is 0 Å². The number of allylic oxidation sites excluding steroid dienone is 2. The molecule has 1 saturated carbocycles. The number of rotatable bonds is 8. The van der Waals surface area contributed by atoms with Crippen LogP contribution in [0, 0.1) is 13.8 Å². The summed E-state index contributed by atoms with van der Waals surface area (Å²) in [6, 6.07) is 11.8. The minimum atomic E-state index is -0.839. The van der Waals surface area contributed by atoms with Crippen LogP contribution >= 0.6 is 0 Å². The van der Waals surface area contributed by atoms with E-state index in [4.69, 9.17) is 5.73 Å². The lowest BCUT2D eigenvalue weighted by molar-refractivity contribution is 0.124. The van der Waals surface area contributed by atoms with Gasteiger partial charge in [0.25, 0.3) is 0 Å². The third-order valence-corrected chi connectivity index (χ3v) is 7.22. The van der Waals surface area contributed by atoms with E-state index >= 15 is 0 Å². The minimum absolute atomic E-state index is 0.438. The number of aliphatic hydroxyl groups is 1. The maximum absolute atomic E-state index is 10.9. The van der Waals surface area contributed by atoms with Crippen molar-refractivity contribution in [2.45, 2.75) is 91.2 Å². The van der Waals surface area contributed by atoms with Crippen LogP contribution in [0.5, 0.6) is 0 Å². The monoisotopic (exact) mass is 476 g/mol. The Kier molecular flexibility index (Phi) is 9.81. The summed E-state index contributed by atoms with van der Waals surface area (Å²) in [5.74, 6) is 0. The predicted octanol–water partition coefficient (Wildman–Crippen LogP) is 5.80. The number of hydrogen-bond acceptors (Lipinski definition) is 5. The van der Waals surface area contributed by atoms with Crippen LogP contribution in [0.15, 0.2) is 41.4 Å². The highest BCUT2D eigenvalue weighted by Gasteiger charge is 2.28. The van der Waals surface area contributed by atoms with Gasteiger partial charge >= 0.3 is 0 Å². The quantitative estimate of drug-likeness (QED) is 0.287. The molecule has 190 valence electrons. The van der Waals surface area contributed by atoms with Crippen LogP contribution in [0.3, 0.4) is 0 Å². The highest BCUT2D eigenvalue weighted by Crippen LogP contribution is 2.35. The summed E-state index contributed by atoms with van der Waals surface area (Å²) >= 11 is 0. The topological polar surface area (TPSA) is 82.7 Å². The number of fused-ring (bicyclic) bond motifs is 1. The van der Waals surface area contributed by atoms with Crippen LogP contribution in [-0.2, 0) is 6.42 Å². The number of hydrogen-bond donors (Lipinski definition) is 4. The molecule has 2 aliphatic rings. The van der Waals surface area contributed by atoms with Crippen LogP contribution in [0.25, 0.3) is 5.57 Å². The molecule has 5 heteroatoms. The van der Waals surface area contributed by atoms with Gasteiger partial charge in [-0.1, -0.05) is 50.6 Å². The number of nitrogens with two attached hydrogens (primary N) is 1. The van der Waals surface area contributed by atoms with Gasteiger partial charge in [0.05, 0.1) is 6.17 Å². The van der Waals surface area contributed by atoms with Crippen LogP contribution in [0.2, 0.25) is 0 Å². The zero-order valence-corrected chi connectivity index (χ0v) is 22.4. The first-order valence-electron chi connectivity index (χ1n) is 13.2. The van der Waals surface area contributed by atoms with Gasteiger partial charge in [0, 0.05) is 25.3 Å². The molecule has 0 aromatic heterocycles. The van der Waals surface area contributed by atoms with Crippen molar-refractivity contribution in [1.29, 1.82) is 0 Å². The number of aryl methyl sites for hydroxylation is 3. The minimum Gasteiger partial charge on any atom is -0.374 e. The second kappa shape index (κ2) is 12.6. The molecule has 2 aliphatic carbocycles. The number of nitrogens with zero attached hydrogens (tertiary/aromatic N) is 1. The molecular formula is C30H44N4O. The fourth-order valence-electron chi connectivity index (χ4n) is 5.27. The molecule has 2 aromatic rings. The summed E-state index contributed by atoms with van der Waals surface area (Å²) < 4.78 is 0. The van der Waals surface area contributed by atoms with Gasteiger partial charge in [-0.2, -0.15) is 0 Å². The fraction of sp³-hybridized carbons (Fsp3) is 0.500. The molecular weight excluding hydrogens is 432 g/mol. The molecule has 0 radical (unpaired) electrons. The Morgan fingerprint density at radius 3 is 2.37 bits per heavy atom. The Balaban J connectivity index is 0.00000167. The summed E-state index contributed by atoms with van der Waals surface area (Å²) in [7, 11) is 1.77. The lowest BCUT2D eigenvalue weighted by Gasteiger charge is -2.30. The summed E-state index contributed by atoms with van der Waals surface area (Å²) in [6.07, 6.45) is 8.74. The number of benzene rings is 2. The van der Waals surface area contributed by atoms with E-state index in [-0.39, 0.29) is 0 Å². The van der Waals surface area contributed by atoms with Crippen molar-refractivity contribution in [3.05, 3.63) is 75.4 Å². The van der Waals surface area contributed by atoms with E-state index in [0.29, 0.717) is 12.1 Å².